The normalized spacial score (nSPS) is 17.6. The molecule has 2 rings (SSSR count). The van der Waals surface area contributed by atoms with Crippen molar-refractivity contribution in [3.8, 4) is 5.75 Å². The van der Waals surface area contributed by atoms with Crippen molar-refractivity contribution in [3.05, 3.63) is 18.2 Å². The number of benzene rings is 1. The van der Waals surface area contributed by atoms with Gasteiger partial charge in [0.25, 0.3) is 0 Å². The summed E-state index contributed by atoms with van der Waals surface area (Å²) in [5.41, 5.74) is 5.48. The smallest absolute Gasteiger partial charge is 0.243 e. The molecule has 0 saturated carbocycles. The van der Waals surface area contributed by atoms with Gasteiger partial charge in [-0.25, -0.2) is 8.42 Å². The van der Waals surface area contributed by atoms with Gasteiger partial charge in [-0.2, -0.15) is 4.31 Å². The van der Waals surface area contributed by atoms with E-state index >= 15 is 0 Å². The molecular weight excluding hydrogens is 294 g/mol. The Bertz CT molecular complexity index is 637. The maximum absolute atomic E-state index is 12.4. The van der Waals surface area contributed by atoms with E-state index in [-0.39, 0.29) is 16.3 Å². The van der Waals surface area contributed by atoms with E-state index in [4.69, 9.17) is 5.73 Å². The van der Waals surface area contributed by atoms with Gasteiger partial charge >= 0.3 is 0 Å². The number of carbonyl (C=O) groups is 1. The van der Waals surface area contributed by atoms with Crippen molar-refractivity contribution in [2.24, 2.45) is 5.73 Å². The van der Waals surface area contributed by atoms with Crippen LogP contribution in [0.15, 0.2) is 23.1 Å². The van der Waals surface area contributed by atoms with Crippen LogP contribution in [0.4, 0.5) is 5.69 Å². The summed E-state index contributed by atoms with van der Waals surface area (Å²) < 4.78 is 26.2. The fourth-order valence-electron chi connectivity index (χ4n) is 2.10. The number of anilines is 1. The van der Waals surface area contributed by atoms with Crippen molar-refractivity contribution in [2.75, 3.05) is 18.4 Å². The number of hydrogen-bond acceptors (Lipinski definition) is 5. The SMILES string of the molecule is CC(N)C(=O)Nc1cc(S(=O)(=O)N2CCCC2)ccc1O. The maximum Gasteiger partial charge on any atom is 0.243 e. The van der Waals surface area contributed by atoms with Crippen LogP contribution in [0.2, 0.25) is 0 Å². The predicted octanol–water partition coefficient (Wildman–Crippen LogP) is 0.462. The first-order valence-corrected chi connectivity index (χ1v) is 8.16. The Balaban J connectivity index is 2.32. The molecule has 1 aromatic carbocycles. The average molecular weight is 313 g/mol. The number of phenols is 1. The largest absolute Gasteiger partial charge is 0.506 e. The fourth-order valence-corrected chi connectivity index (χ4v) is 3.64. The molecule has 1 aliphatic rings. The zero-order valence-electron chi connectivity index (χ0n) is 11.7. The second-order valence-electron chi connectivity index (χ2n) is 5.07. The molecule has 1 saturated heterocycles. The Morgan fingerprint density at radius 2 is 2.00 bits per heavy atom. The number of phenolic OH excluding ortho intramolecular Hbond substituents is 1. The zero-order valence-corrected chi connectivity index (χ0v) is 12.6. The van der Waals surface area contributed by atoms with Crippen LogP contribution < -0.4 is 11.1 Å². The second kappa shape index (κ2) is 6.00. The van der Waals surface area contributed by atoms with Gasteiger partial charge in [0.1, 0.15) is 5.75 Å². The summed E-state index contributed by atoms with van der Waals surface area (Å²) in [7, 11) is -3.59. The first-order valence-electron chi connectivity index (χ1n) is 6.72. The van der Waals surface area contributed by atoms with E-state index in [0.717, 1.165) is 12.8 Å². The summed E-state index contributed by atoms with van der Waals surface area (Å²) in [4.78, 5) is 11.6. The lowest BCUT2D eigenvalue weighted by Crippen LogP contribution is -2.32. The van der Waals surface area contributed by atoms with Crippen molar-refractivity contribution in [1.82, 2.24) is 4.31 Å². The number of aromatic hydroxyl groups is 1. The summed E-state index contributed by atoms with van der Waals surface area (Å²) in [6, 6.07) is 3.07. The minimum Gasteiger partial charge on any atom is -0.506 e. The molecule has 0 spiro atoms. The van der Waals surface area contributed by atoms with E-state index in [1.807, 2.05) is 0 Å². The topological polar surface area (TPSA) is 113 Å². The molecule has 0 bridgehead atoms. The van der Waals surface area contributed by atoms with Crippen LogP contribution in [0.25, 0.3) is 0 Å². The van der Waals surface area contributed by atoms with Gasteiger partial charge < -0.3 is 16.2 Å². The predicted molar refractivity (Wildman–Crippen MR) is 78.4 cm³/mol. The van der Waals surface area contributed by atoms with Crippen LogP contribution >= 0.6 is 0 Å². The lowest BCUT2D eigenvalue weighted by Gasteiger charge is -2.17. The number of nitrogens with zero attached hydrogens (tertiary/aromatic N) is 1. The number of rotatable bonds is 4. The molecule has 0 aliphatic carbocycles. The lowest BCUT2D eigenvalue weighted by atomic mass is 10.2. The Kier molecular flexibility index (Phi) is 4.50. The van der Waals surface area contributed by atoms with E-state index in [1.54, 1.807) is 0 Å². The van der Waals surface area contributed by atoms with Crippen LogP contribution in [-0.4, -0.2) is 42.9 Å². The first-order chi connectivity index (χ1) is 9.82. The molecule has 0 radical (unpaired) electrons. The first kappa shape index (κ1) is 15.7. The van der Waals surface area contributed by atoms with Crippen molar-refractivity contribution >= 4 is 21.6 Å². The highest BCUT2D eigenvalue weighted by atomic mass is 32.2. The summed E-state index contributed by atoms with van der Waals surface area (Å²) in [5.74, 6) is -0.703. The van der Waals surface area contributed by atoms with E-state index < -0.39 is 22.0 Å². The average Bonchev–Trinajstić information content (AvgIpc) is 2.95. The summed E-state index contributed by atoms with van der Waals surface area (Å²) in [6.45, 7) is 2.48. The summed E-state index contributed by atoms with van der Waals surface area (Å²) in [5, 5.41) is 12.1. The Labute approximate surface area is 123 Å². The van der Waals surface area contributed by atoms with E-state index in [2.05, 4.69) is 5.32 Å². The molecule has 1 unspecified atom stereocenters. The maximum atomic E-state index is 12.4. The molecule has 1 aliphatic heterocycles. The van der Waals surface area contributed by atoms with Crippen LogP contribution in [0, 0.1) is 0 Å². The van der Waals surface area contributed by atoms with Gasteiger partial charge in [0.2, 0.25) is 15.9 Å². The molecule has 1 heterocycles. The highest BCUT2D eigenvalue weighted by Crippen LogP contribution is 2.29. The molecule has 1 atom stereocenters. The number of nitrogens with two attached hydrogens (primary N) is 1. The quantitative estimate of drug-likeness (QED) is 0.699. The van der Waals surface area contributed by atoms with Crippen LogP contribution in [0.5, 0.6) is 5.75 Å². The van der Waals surface area contributed by atoms with Gasteiger partial charge in [-0.05, 0) is 38.0 Å². The minimum absolute atomic E-state index is 0.0394. The number of hydrogen-bond donors (Lipinski definition) is 3. The molecule has 1 fully saturated rings. The third-order valence-corrected chi connectivity index (χ3v) is 5.24. The monoisotopic (exact) mass is 313 g/mol. The molecule has 21 heavy (non-hydrogen) atoms. The molecule has 1 aromatic rings. The van der Waals surface area contributed by atoms with Crippen LogP contribution in [0.3, 0.4) is 0 Å². The molecule has 116 valence electrons. The zero-order chi connectivity index (χ0) is 15.6. The van der Waals surface area contributed by atoms with Crippen molar-refractivity contribution in [3.63, 3.8) is 0 Å². The minimum atomic E-state index is -3.59. The summed E-state index contributed by atoms with van der Waals surface area (Å²) >= 11 is 0. The van der Waals surface area contributed by atoms with E-state index in [9.17, 15) is 18.3 Å². The number of sulfonamides is 1. The van der Waals surface area contributed by atoms with E-state index in [1.165, 1.54) is 29.4 Å². The van der Waals surface area contributed by atoms with Gasteiger partial charge in [-0.3, -0.25) is 4.79 Å². The highest BCUT2D eigenvalue weighted by molar-refractivity contribution is 7.89. The van der Waals surface area contributed by atoms with E-state index in [0.29, 0.717) is 13.1 Å². The molecule has 8 heteroatoms. The molecule has 1 amide bonds. The van der Waals surface area contributed by atoms with Gasteiger partial charge in [-0.1, -0.05) is 0 Å². The highest BCUT2D eigenvalue weighted by Gasteiger charge is 2.28. The third kappa shape index (κ3) is 3.34. The Morgan fingerprint density at radius 1 is 1.38 bits per heavy atom. The van der Waals surface area contributed by atoms with Crippen LogP contribution in [0.1, 0.15) is 19.8 Å². The molecular formula is C13H19N3O4S. The number of amides is 1. The third-order valence-electron chi connectivity index (χ3n) is 3.34. The Morgan fingerprint density at radius 3 is 2.57 bits per heavy atom. The van der Waals surface area contributed by atoms with Crippen molar-refractivity contribution in [2.45, 2.75) is 30.7 Å². The van der Waals surface area contributed by atoms with Gasteiger partial charge in [-0.15, -0.1) is 0 Å². The van der Waals surface area contributed by atoms with Gasteiger partial charge in [0.05, 0.1) is 16.6 Å². The standard InChI is InChI=1S/C13H19N3O4S/c1-9(14)13(18)15-11-8-10(4-5-12(11)17)21(19,20)16-6-2-3-7-16/h4-5,8-9,17H,2-3,6-7,14H2,1H3,(H,15,18). The fraction of sp³-hybridized carbons (Fsp3) is 0.462. The van der Waals surface area contributed by atoms with Crippen LogP contribution in [-0.2, 0) is 14.8 Å². The number of carbonyl (C=O) groups excluding carboxylic acids is 1. The molecule has 4 N–H and O–H groups in total. The van der Waals surface area contributed by atoms with Crippen molar-refractivity contribution < 1.29 is 18.3 Å². The van der Waals surface area contributed by atoms with Crippen molar-refractivity contribution in [1.29, 1.82) is 0 Å². The van der Waals surface area contributed by atoms with Gasteiger partial charge in [0.15, 0.2) is 0 Å². The second-order valence-corrected chi connectivity index (χ2v) is 7.01. The molecule has 7 nitrogen and oxygen atoms in total. The molecule has 0 aromatic heterocycles. The Hall–Kier alpha value is -1.64. The number of nitrogens with one attached hydrogen (secondary N) is 1. The summed E-state index contributed by atoms with van der Waals surface area (Å²) in [6.07, 6.45) is 1.68. The lowest BCUT2D eigenvalue weighted by molar-refractivity contribution is -0.117. The van der Waals surface area contributed by atoms with Gasteiger partial charge in [0, 0.05) is 13.1 Å².